The fraction of sp³-hybridized carbons (Fsp3) is 0.0500. The van der Waals surface area contributed by atoms with Crippen LogP contribution in [0.3, 0.4) is 0 Å². The van der Waals surface area contributed by atoms with Crippen molar-refractivity contribution in [3.63, 3.8) is 0 Å². The van der Waals surface area contributed by atoms with E-state index in [9.17, 15) is 4.79 Å². The van der Waals surface area contributed by atoms with Gasteiger partial charge in [0.2, 0.25) is 0 Å². The molecule has 4 heterocycles. The first-order chi connectivity index (χ1) is 13.8. The lowest BCUT2D eigenvalue weighted by Gasteiger charge is -2.08. The van der Waals surface area contributed by atoms with Crippen molar-refractivity contribution in [2.75, 3.05) is 5.32 Å². The number of aromatic nitrogens is 5. The highest BCUT2D eigenvalue weighted by molar-refractivity contribution is 7.14. The second-order valence-electron chi connectivity index (χ2n) is 5.88. The summed E-state index contributed by atoms with van der Waals surface area (Å²) in [5.41, 5.74) is 3.20. The third kappa shape index (κ3) is 4.36. The van der Waals surface area contributed by atoms with Crippen LogP contribution in [0.4, 0.5) is 5.13 Å². The molecular formula is C20H16N6OS. The lowest BCUT2D eigenvalue weighted by molar-refractivity contribution is 0.101. The van der Waals surface area contributed by atoms with E-state index in [1.54, 1.807) is 24.7 Å². The molecule has 7 nitrogen and oxygen atoms in total. The molecule has 0 bridgehead atoms. The van der Waals surface area contributed by atoms with E-state index in [1.807, 2.05) is 52.6 Å². The van der Waals surface area contributed by atoms with E-state index in [-0.39, 0.29) is 5.91 Å². The minimum atomic E-state index is -0.195. The molecule has 0 saturated carbocycles. The standard InChI is InChI=1S/C20H16N6OS/c27-19(18-2-1-11-26(18)12-15-5-8-21-9-6-15)25-20-24-17(13-28-20)4-3-16-7-10-22-14-23-16/h1-11,13-14H,12H2,(H,24,25,27)/b4-3+. The molecule has 4 aromatic heterocycles. The Bertz CT molecular complexity index is 1090. The lowest BCUT2D eigenvalue weighted by atomic mass is 10.2. The van der Waals surface area contributed by atoms with Gasteiger partial charge in [0.25, 0.3) is 5.91 Å². The topological polar surface area (TPSA) is 85.6 Å². The van der Waals surface area contributed by atoms with Gasteiger partial charge in [-0.25, -0.2) is 15.0 Å². The van der Waals surface area contributed by atoms with E-state index in [0.717, 1.165) is 17.0 Å². The lowest BCUT2D eigenvalue weighted by Crippen LogP contribution is -2.17. The highest BCUT2D eigenvalue weighted by atomic mass is 32.1. The Morgan fingerprint density at radius 2 is 1.89 bits per heavy atom. The molecule has 138 valence electrons. The van der Waals surface area contributed by atoms with E-state index < -0.39 is 0 Å². The Morgan fingerprint density at radius 3 is 2.71 bits per heavy atom. The predicted octanol–water partition coefficient (Wildman–Crippen LogP) is 3.60. The third-order valence-corrected chi connectivity index (χ3v) is 4.71. The van der Waals surface area contributed by atoms with Gasteiger partial charge in [0.1, 0.15) is 12.0 Å². The van der Waals surface area contributed by atoms with Crippen molar-refractivity contribution in [2.45, 2.75) is 6.54 Å². The molecule has 8 heteroatoms. The Labute approximate surface area is 165 Å². The number of carbonyl (C=O) groups excluding carboxylic acids is 1. The molecule has 0 radical (unpaired) electrons. The molecule has 0 aromatic carbocycles. The van der Waals surface area contributed by atoms with Gasteiger partial charge >= 0.3 is 0 Å². The molecule has 0 spiro atoms. The van der Waals surface area contributed by atoms with Crippen LogP contribution in [0.2, 0.25) is 0 Å². The zero-order valence-electron chi connectivity index (χ0n) is 14.8. The van der Waals surface area contributed by atoms with Gasteiger partial charge in [-0.3, -0.25) is 15.1 Å². The summed E-state index contributed by atoms with van der Waals surface area (Å²) in [5.74, 6) is -0.195. The first kappa shape index (κ1) is 17.7. The average Bonchev–Trinajstić information content (AvgIpc) is 3.37. The minimum Gasteiger partial charge on any atom is -0.339 e. The van der Waals surface area contributed by atoms with Gasteiger partial charge < -0.3 is 4.57 Å². The SMILES string of the molecule is O=C(Nc1nc(/C=C/c2ccncn2)cs1)c1cccn1Cc1ccncc1. The van der Waals surface area contributed by atoms with Crippen molar-refractivity contribution in [3.8, 4) is 0 Å². The number of thiazole rings is 1. The first-order valence-electron chi connectivity index (χ1n) is 8.53. The summed E-state index contributed by atoms with van der Waals surface area (Å²) in [6, 6.07) is 9.31. The second-order valence-corrected chi connectivity index (χ2v) is 6.73. The minimum absolute atomic E-state index is 0.195. The molecule has 1 amide bonds. The number of rotatable bonds is 6. The van der Waals surface area contributed by atoms with Crippen molar-refractivity contribution in [1.29, 1.82) is 0 Å². The number of nitrogens with one attached hydrogen (secondary N) is 1. The van der Waals surface area contributed by atoms with Gasteiger partial charge in [-0.05, 0) is 48.0 Å². The molecule has 28 heavy (non-hydrogen) atoms. The van der Waals surface area contributed by atoms with Gasteiger partial charge in [-0.2, -0.15) is 0 Å². The maximum Gasteiger partial charge on any atom is 0.274 e. The van der Waals surface area contributed by atoms with Crippen LogP contribution in [-0.4, -0.2) is 30.4 Å². The molecule has 0 aliphatic rings. The fourth-order valence-corrected chi connectivity index (χ4v) is 3.27. The Kier molecular flexibility index (Phi) is 5.30. The molecular weight excluding hydrogens is 372 g/mol. The van der Waals surface area contributed by atoms with Crippen molar-refractivity contribution < 1.29 is 4.79 Å². The van der Waals surface area contributed by atoms with Gasteiger partial charge in [-0.15, -0.1) is 11.3 Å². The number of anilines is 1. The normalized spacial score (nSPS) is 11.0. The summed E-state index contributed by atoms with van der Waals surface area (Å²) >= 11 is 1.38. The molecule has 0 atom stereocenters. The van der Waals surface area contributed by atoms with E-state index in [1.165, 1.54) is 17.7 Å². The number of hydrogen-bond acceptors (Lipinski definition) is 6. The van der Waals surface area contributed by atoms with Crippen molar-refractivity contribution in [3.05, 3.63) is 89.5 Å². The monoisotopic (exact) mass is 388 g/mol. The molecule has 4 aromatic rings. The van der Waals surface area contributed by atoms with Crippen LogP contribution < -0.4 is 5.32 Å². The molecule has 0 aliphatic carbocycles. The maximum atomic E-state index is 12.7. The number of hydrogen-bond donors (Lipinski definition) is 1. The van der Waals surface area contributed by atoms with E-state index in [4.69, 9.17) is 0 Å². The number of pyridine rings is 1. The van der Waals surface area contributed by atoms with Gasteiger partial charge in [0, 0.05) is 36.7 Å². The van der Waals surface area contributed by atoms with Crippen molar-refractivity contribution >= 4 is 34.5 Å². The van der Waals surface area contributed by atoms with E-state index in [2.05, 4.69) is 25.3 Å². The summed E-state index contributed by atoms with van der Waals surface area (Å²) in [5, 5.41) is 5.29. The van der Waals surface area contributed by atoms with Gasteiger partial charge in [0.15, 0.2) is 5.13 Å². The van der Waals surface area contributed by atoms with Crippen LogP contribution in [0.1, 0.15) is 27.4 Å². The average molecular weight is 388 g/mol. The molecule has 0 aliphatic heterocycles. The largest absolute Gasteiger partial charge is 0.339 e. The molecule has 0 saturated heterocycles. The zero-order chi connectivity index (χ0) is 19.2. The zero-order valence-corrected chi connectivity index (χ0v) is 15.6. The van der Waals surface area contributed by atoms with Crippen LogP contribution in [0.15, 0.2) is 66.8 Å². The van der Waals surface area contributed by atoms with E-state index in [0.29, 0.717) is 17.4 Å². The Hall–Kier alpha value is -3.65. The van der Waals surface area contributed by atoms with E-state index >= 15 is 0 Å². The Morgan fingerprint density at radius 1 is 1.07 bits per heavy atom. The highest BCUT2D eigenvalue weighted by Gasteiger charge is 2.13. The molecule has 4 rings (SSSR count). The summed E-state index contributed by atoms with van der Waals surface area (Å²) in [7, 11) is 0. The van der Waals surface area contributed by atoms with Gasteiger partial charge in [0.05, 0.1) is 11.4 Å². The number of nitrogens with zero attached hydrogens (tertiary/aromatic N) is 5. The summed E-state index contributed by atoms with van der Waals surface area (Å²) in [4.78, 5) is 29.1. The van der Waals surface area contributed by atoms with Crippen LogP contribution in [0.25, 0.3) is 12.2 Å². The van der Waals surface area contributed by atoms with Crippen molar-refractivity contribution in [1.82, 2.24) is 24.5 Å². The quantitative estimate of drug-likeness (QED) is 0.545. The van der Waals surface area contributed by atoms with Crippen LogP contribution in [0.5, 0.6) is 0 Å². The summed E-state index contributed by atoms with van der Waals surface area (Å²) in [6.45, 7) is 0.600. The molecule has 1 N–H and O–H groups in total. The number of amides is 1. The molecule has 0 fully saturated rings. The Balaban J connectivity index is 1.43. The molecule has 0 unspecified atom stereocenters. The van der Waals surface area contributed by atoms with Crippen LogP contribution >= 0.6 is 11.3 Å². The second kappa shape index (κ2) is 8.36. The summed E-state index contributed by atoms with van der Waals surface area (Å²) < 4.78 is 1.90. The maximum absolute atomic E-state index is 12.7. The van der Waals surface area contributed by atoms with Gasteiger partial charge in [-0.1, -0.05) is 0 Å². The van der Waals surface area contributed by atoms with Crippen LogP contribution in [0, 0.1) is 0 Å². The highest BCUT2D eigenvalue weighted by Crippen LogP contribution is 2.18. The third-order valence-electron chi connectivity index (χ3n) is 3.94. The van der Waals surface area contributed by atoms with Crippen LogP contribution in [-0.2, 0) is 6.54 Å². The first-order valence-corrected chi connectivity index (χ1v) is 9.41. The number of carbonyl (C=O) groups is 1. The van der Waals surface area contributed by atoms with Crippen molar-refractivity contribution in [2.24, 2.45) is 0 Å². The predicted molar refractivity (Wildman–Crippen MR) is 109 cm³/mol. The fourth-order valence-electron chi connectivity index (χ4n) is 2.59. The summed E-state index contributed by atoms with van der Waals surface area (Å²) in [6.07, 6.45) is 12.2. The smallest absolute Gasteiger partial charge is 0.274 e.